The molecule has 0 spiro atoms. The lowest BCUT2D eigenvalue weighted by atomic mass is 10.5. The number of terminal acetylenes is 1. The van der Waals surface area contributed by atoms with Gasteiger partial charge in [0.15, 0.2) is 0 Å². The van der Waals surface area contributed by atoms with Crippen LogP contribution in [0.1, 0.15) is 9.11 Å². The fourth-order valence-electron chi connectivity index (χ4n) is 0.0617. The van der Waals surface area contributed by atoms with E-state index in [0.717, 1.165) is 0 Å². The lowest BCUT2D eigenvalue weighted by molar-refractivity contribution is -0.135. The molecule has 0 aromatic rings. The average Bonchev–Trinajstić information content (AvgIpc) is 1.67. The minimum Gasteiger partial charge on any atom is -0.481 e. The number of carboxylic acid groups (broad SMARTS) is 1. The number of hydrogen-bond donors (Lipinski definition) is 1. The van der Waals surface area contributed by atoms with Crippen molar-refractivity contribution in [3.63, 3.8) is 0 Å². The molecular formula is C4H4O2. The zero-order valence-corrected chi connectivity index (χ0v) is 2.93. The van der Waals surface area contributed by atoms with Crippen molar-refractivity contribution in [2.24, 2.45) is 0 Å². The van der Waals surface area contributed by atoms with Crippen LogP contribution in [0, 0.1) is 12.3 Å². The zero-order chi connectivity index (χ0) is 6.78. The highest BCUT2D eigenvalue weighted by atomic mass is 16.4. The summed E-state index contributed by atoms with van der Waals surface area (Å²) in [5, 5.41) is 7.92. The van der Waals surface area contributed by atoms with Gasteiger partial charge >= 0.3 is 5.97 Å². The van der Waals surface area contributed by atoms with E-state index in [2.05, 4.69) is 6.42 Å². The summed E-state index contributed by atoms with van der Waals surface area (Å²) in [7, 11) is 0. The van der Waals surface area contributed by atoms with Crippen molar-refractivity contribution in [2.45, 2.75) is 6.37 Å². The lowest BCUT2D eigenvalue weighted by Gasteiger charge is -1.72. The maximum absolute atomic E-state index is 9.73. The van der Waals surface area contributed by atoms with Crippen LogP contribution in [0.25, 0.3) is 0 Å². The first kappa shape index (κ1) is 2.25. The van der Waals surface area contributed by atoms with Crippen LogP contribution in [-0.2, 0) is 4.79 Å². The number of rotatable bonds is 1. The number of carbonyl (C=O) groups is 1. The standard InChI is InChI=1S/C4H4O2/c1-2-3-4(5)6/h1H,3H2,(H,5,6)/i3D2. The number of hydrogen-bond acceptors (Lipinski definition) is 1. The quantitative estimate of drug-likeness (QED) is 0.459. The third-order valence-corrected chi connectivity index (χ3v) is 0.179. The molecule has 1 N–H and O–H groups in total. The van der Waals surface area contributed by atoms with Gasteiger partial charge in [-0.15, -0.1) is 6.42 Å². The Hall–Kier alpha value is -0.970. The minimum atomic E-state index is -2.51. The second-order valence-corrected chi connectivity index (χ2v) is 0.574. The normalized spacial score (nSPS) is 13.8. The summed E-state index contributed by atoms with van der Waals surface area (Å²) in [5.74, 6) is -0.150. The van der Waals surface area contributed by atoms with E-state index < -0.39 is 12.3 Å². The molecule has 0 aromatic carbocycles. The van der Waals surface area contributed by atoms with E-state index in [-0.39, 0.29) is 0 Å². The van der Waals surface area contributed by atoms with Gasteiger partial charge in [0, 0.05) is 0 Å². The van der Waals surface area contributed by atoms with Gasteiger partial charge in [-0.1, -0.05) is 5.92 Å². The topological polar surface area (TPSA) is 37.3 Å². The SMILES string of the molecule is [2H]C([2H])(C#C)C(=O)O. The van der Waals surface area contributed by atoms with E-state index >= 15 is 0 Å². The fraction of sp³-hybridized carbons (Fsp3) is 0.250. The third kappa shape index (κ3) is 3.03. The van der Waals surface area contributed by atoms with E-state index in [9.17, 15) is 4.79 Å². The van der Waals surface area contributed by atoms with Crippen molar-refractivity contribution >= 4 is 5.97 Å². The highest BCUT2D eigenvalue weighted by molar-refractivity contribution is 5.69. The van der Waals surface area contributed by atoms with Gasteiger partial charge in [-0.25, -0.2) is 0 Å². The van der Waals surface area contributed by atoms with Gasteiger partial charge in [-0.3, -0.25) is 4.79 Å². The lowest BCUT2D eigenvalue weighted by Crippen LogP contribution is -1.88. The Bertz CT molecular complexity index is 145. The number of carboxylic acids is 1. The molecule has 0 heterocycles. The molecule has 0 radical (unpaired) electrons. The van der Waals surface area contributed by atoms with Gasteiger partial charge in [-0.2, -0.15) is 0 Å². The minimum absolute atomic E-state index is 1.47. The first-order chi connectivity index (χ1) is 3.50. The van der Waals surface area contributed by atoms with E-state index in [1.54, 1.807) is 0 Å². The Labute approximate surface area is 38.6 Å². The molecular weight excluding hydrogens is 80.0 g/mol. The van der Waals surface area contributed by atoms with Gasteiger partial charge in [0.1, 0.15) is 6.37 Å². The highest BCUT2D eigenvalue weighted by Gasteiger charge is 1.84. The molecule has 0 bridgehead atoms. The van der Waals surface area contributed by atoms with Crippen molar-refractivity contribution in [2.75, 3.05) is 0 Å². The first-order valence-corrected chi connectivity index (χ1v) is 1.22. The second-order valence-electron chi connectivity index (χ2n) is 0.574. The molecule has 0 aliphatic rings. The molecule has 0 aliphatic carbocycles. The van der Waals surface area contributed by atoms with Crippen LogP contribution in [0.4, 0.5) is 0 Å². The Morgan fingerprint density at radius 3 is 2.83 bits per heavy atom. The molecule has 0 aliphatic heterocycles. The molecule has 0 saturated carbocycles. The average molecular weight is 86.1 g/mol. The van der Waals surface area contributed by atoms with Crippen LogP contribution in [0.15, 0.2) is 0 Å². The molecule has 6 heavy (non-hydrogen) atoms. The summed E-state index contributed by atoms with van der Waals surface area (Å²) in [4.78, 5) is 9.73. The molecule has 0 amide bonds. The summed E-state index contributed by atoms with van der Waals surface area (Å²) < 4.78 is 12.9. The monoisotopic (exact) mass is 86.0 g/mol. The maximum atomic E-state index is 9.73. The van der Waals surface area contributed by atoms with Gasteiger partial charge in [-0.05, 0) is 0 Å². The van der Waals surface area contributed by atoms with Gasteiger partial charge in [0.05, 0.1) is 2.74 Å². The molecule has 0 rings (SSSR count). The smallest absolute Gasteiger partial charge is 0.315 e. The maximum Gasteiger partial charge on any atom is 0.315 e. The summed E-state index contributed by atoms with van der Waals surface area (Å²) in [5.41, 5.74) is 0. The van der Waals surface area contributed by atoms with E-state index in [1.165, 1.54) is 5.92 Å². The van der Waals surface area contributed by atoms with Gasteiger partial charge in [0.2, 0.25) is 0 Å². The van der Waals surface area contributed by atoms with Crippen LogP contribution in [0.2, 0.25) is 0 Å². The predicted octanol–water partition coefficient (Wildman–Crippen LogP) is 0.0943. The van der Waals surface area contributed by atoms with Crippen molar-refractivity contribution in [3.05, 3.63) is 0 Å². The largest absolute Gasteiger partial charge is 0.481 e. The van der Waals surface area contributed by atoms with Crippen LogP contribution in [0.5, 0.6) is 0 Å². The molecule has 0 unspecified atom stereocenters. The van der Waals surface area contributed by atoms with Gasteiger partial charge < -0.3 is 5.11 Å². The van der Waals surface area contributed by atoms with Crippen molar-refractivity contribution in [3.8, 4) is 12.3 Å². The molecule has 2 heteroatoms. The van der Waals surface area contributed by atoms with Crippen LogP contribution in [-0.4, -0.2) is 11.1 Å². The van der Waals surface area contributed by atoms with Crippen molar-refractivity contribution in [1.82, 2.24) is 0 Å². The first-order valence-electron chi connectivity index (χ1n) is 2.22. The van der Waals surface area contributed by atoms with E-state index in [1.807, 2.05) is 0 Å². The molecule has 0 saturated heterocycles. The fourth-order valence-corrected chi connectivity index (χ4v) is 0.0617. The Balaban J connectivity index is 4.19. The number of aliphatic carboxylic acids is 1. The zero-order valence-electron chi connectivity index (χ0n) is 4.93. The van der Waals surface area contributed by atoms with Crippen LogP contribution >= 0.6 is 0 Å². The summed E-state index contributed by atoms with van der Waals surface area (Å²) in [6.45, 7) is 0. The predicted molar refractivity (Wildman–Crippen MR) is 21.1 cm³/mol. The Kier molecular flexibility index (Phi) is 0.853. The highest BCUT2D eigenvalue weighted by Crippen LogP contribution is 1.68. The Morgan fingerprint density at radius 2 is 2.83 bits per heavy atom. The molecule has 32 valence electrons. The van der Waals surface area contributed by atoms with Crippen LogP contribution in [0.3, 0.4) is 0 Å². The second kappa shape index (κ2) is 2.28. The van der Waals surface area contributed by atoms with Crippen LogP contribution < -0.4 is 0 Å². The third-order valence-electron chi connectivity index (χ3n) is 0.179. The molecule has 2 nitrogen and oxygen atoms in total. The summed E-state index contributed by atoms with van der Waals surface area (Å²) in [6, 6.07) is 0. The van der Waals surface area contributed by atoms with E-state index in [4.69, 9.17) is 7.85 Å². The summed E-state index contributed by atoms with van der Waals surface area (Å²) in [6.07, 6.45) is 1.99. The van der Waals surface area contributed by atoms with Crippen molar-refractivity contribution in [1.29, 1.82) is 0 Å². The van der Waals surface area contributed by atoms with Gasteiger partial charge in [0.25, 0.3) is 0 Å². The molecule has 0 aromatic heterocycles. The van der Waals surface area contributed by atoms with Crippen molar-refractivity contribution < 1.29 is 12.6 Å². The summed E-state index contributed by atoms with van der Waals surface area (Å²) >= 11 is 0. The molecule has 0 fully saturated rings. The van der Waals surface area contributed by atoms with E-state index in [0.29, 0.717) is 0 Å². The Morgan fingerprint density at radius 1 is 2.33 bits per heavy atom. The molecule has 0 atom stereocenters.